The van der Waals surface area contributed by atoms with Gasteiger partial charge in [0.25, 0.3) is 0 Å². The summed E-state index contributed by atoms with van der Waals surface area (Å²) in [4.78, 5) is 1.53. The second-order valence-corrected chi connectivity index (χ2v) is 7.86. The highest BCUT2D eigenvalue weighted by atomic mass is 32.2. The molecule has 2 aromatic carbocycles. The number of fused-ring (bicyclic) bond motifs is 1. The van der Waals surface area contributed by atoms with Gasteiger partial charge in [0.2, 0.25) is 0 Å². The minimum absolute atomic E-state index is 0.420. The number of hydrogen-bond donors (Lipinski definition) is 0. The van der Waals surface area contributed by atoms with E-state index >= 15 is 0 Å². The molecule has 0 bridgehead atoms. The Morgan fingerprint density at radius 3 is 2.45 bits per heavy atom. The largest absolute Gasteiger partial charge is 0.491 e. The fourth-order valence-corrected chi connectivity index (χ4v) is 5.53. The molecule has 2 nitrogen and oxygen atoms in total. The molecule has 0 atom stereocenters. The highest BCUT2D eigenvalue weighted by Gasteiger charge is 2.27. The van der Waals surface area contributed by atoms with Gasteiger partial charge in [0.15, 0.2) is 4.90 Å². The fraction of sp³-hybridized carbons (Fsp3) is 0.474. The standard InChI is InChI=1S/C19H25O2S/c1-2-20-12-13-21-18-10-11-19(22-14-6-3-7-15-22)17-9-5-4-8-16(17)18/h4-5,8-11H,2-3,6-7,12-15H2,1H3/q+1. The Labute approximate surface area is 136 Å². The first kappa shape index (κ1) is 15.7. The molecule has 0 aliphatic carbocycles. The SMILES string of the molecule is CCOCCOc1ccc([S+]2CCCCC2)c2ccccc12. The Bertz CT molecular complexity index is 605. The summed E-state index contributed by atoms with van der Waals surface area (Å²) in [6.45, 7) is 4.01. The van der Waals surface area contributed by atoms with E-state index in [0.29, 0.717) is 24.1 Å². The first-order valence-electron chi connectivity index (χ1n) is 8.30. The van der Waals surface area contributed by atoms with Crippen molar-refractivity contribution in [1.82, 2.24) is 0 Å². The van der Waals surface area contributed by atoms with Crippen molar-refractivity contribution in [2.24, 2.45) is 0 Å². The zero-order valence-electron chi connectivity index (χ0n) is 13.3. The van der Waals surface area contributed by atoms with Crippen molar-refractivity contribution in [1.29, 1.82) is 0 Å². The summed E-state index contributed by atoms with van der Waals surface area (Å²) in [6.07, 6.45) is 4.16. The van der Waals surface area contributed by atoms with E-state index < -0.39 is 0 Å². The Hall–Kier alpha value is -1.19. The summed E-state index contributed by atoms with van der Waals surface area (Å²) in [6, 6.07) is 13.1. The van der Waals surface area contributed by atoms with Crippen LogP contribution in [0.1, 0.15) is 26.2 Å². The highest BCUT2D eigenvalue weighted by Crippen LogP contribution is 2.34. The van der Waals surface area contributed by atoms with Crippen LogP contribution in [0.2, 0.25) is 0 Å². The van der Waals surface area contributed by atoms with Gasteiger partial charge in [0.1, 0.15) is 23.9 Å². The number of hydrogen-bond acceptors (Lipinski definition) is 2. The van der Waals surface area contributed by atoms with Crippen LogP contribution in [0.3, 0.4) is 0 Å². The topological polar surface area (TPSA) is 18.5 Å². The van der Waals surface area contributed by atoms with Gasteiger partial charge >= 0.3 is 0 Å². The van der Waals surface area contributed by atoms with Crippen LogP contribution >= 0.6 is 0 Å². The smallest absolute Gasteiger partial charge is 0.162 e. The number of rotatable bonds is 6. The van der Waals surface area contributed by atoms with Crippen molar-refractivity contribution in [2.75, 3.05) is 31.3 Å². The van der Waals surface area contributed by atoms with Crippen molar-refractivity contribution in [3.63, 3.8) is 0 Å². The quantitative estimate of drug-likeness (QED) is 0.580. The van der Waals surface area contributed by atoms with Crippen LogP contribution in [0.5, 0.6) is 5.75 Å². The third-order valence-electron chi connectivity index (χ3n) is 4.13. The van der Waals surface area contributed by atoms with E-state index in [0.717, 1.165) is 12.4 Å². The van der Waals surface area contributed by atoms with Crippen molar-refractivity contribution in [2.45, 2.75) is 31.1 Å². The molecule has 3 rings (SSSR count). The van der Waals surface area contributed by atoms with E-state index in [1.165, 1.54) is 46.4 Å². The first-order valence-corrected chi connectivity index (χ1v) is 9.86. The van der Waals surface area contributed by atoms with Gasteiger partial charge in [-0.1, -0.05) is 18.2 Å². The fourth-order valence-electron chi connectivity index (χ4n) is 3.03. The van der Waals surface area contributed by atoms with Crippen molar-refractivity contribution < 1.29 is 9.47 Å². The van der Waals surface area contributed by atoms with Crippen LogP contribution in [0, 0.1) is 0 Å². The maximum atomic E-state index is 5.94. The van der Waals surface area contributed by atoms with Crippen LogP contribution in [0.15, 0.2) is 41.3 Å². The minimum Gasteiger partial charge on any atom is -0.491 e. The third-order valence-corrected chi connectivity index (χ3v) is 6.67. The number of benzene rings is 2. The van der Waals surface area contributed by atoms with Gasteiger partial charge in [-0.25, -0.2) is 0 Å². The third kappa shape index (κ3) is 3.58. The molecule has 1 saturated heterocycles. The molecular formula is C19H25O2S+. The highest BCUT2D eigenvalue weighted by molar-refractivity contribution is 7.97. The Balaban J connectivity index is 1.86. The van der Waals surface area contributed by atoms with E-state index in [4.69, 9.17) is 9.47 Å². The second-order valence-electron chi connectivity index (χ2n) is 5.61. The van der Waals surface area contributed by atoms with Crippen molar-refractivity contribution in [3.05, 3.63) is 36.4 Å². The molecule has 1 aliphatic heterocycles. The zero-order valence-corrected chi connectivity index (χ0v) is 14.2. The van der Waals surface area contributed by atoms with E-state index in [2.05, 4.69) is 36.4 Å². The monoisotopic (exact) mass is 317 g/mol. The zero-order chi connectivity index (χ0) is 15.2. The van der Waals surface area contributed by atoms with E-state index in [9.17, 15) is 0 Å². The van der Waals surface area contributed by atoms with Crippen molar-refractivity contribution >= 4 is 21.7 Å². The average molecular weight is 317 g/mol. The van der Waals surface area contributed by atoms with Gasteiger partial charge in [0, 0.05) is 28.3 Å². The summed E-state index contributed by atoms with van der Waals surface area (Å²) in [5.41, 5.74) is 0. The first-order chi connectivity index (χ1) is 10.9. The summed E-state index contributed by atoms with van der Waals surface area (Å²) in [5.74, 6) is 3.70. The summed E-state index contributed by atoms with van der Waals surface area (Å²) in [7, 11) is 0.420. The molecule has 1 heterocycles. The molecule has 0 aromatic heterocycles. The average Bonchev–Trinajstić information content (AvgIpc) is 2.59. The molecule has 1 fully saturated rings. The van der Waals surface area contributed by atoms with E-state index in [1.807, 2.05) is 6.92 Å². The lowest BCUT2D eigenvalue weighted by Gasteiger charge is -2.16. The number of ether oxygens (including phenoxy) is 2. The minimum atomic E-state index is 0.420. The molecule has 118 valence electrons. The molecule has 3 heteroatoms. The van der Waals surface area contributed by atoms with Gasteiger partial charge < -0.3 is 9.47 Å². The van der Waals surface area contributed by atoms with Gasteiger partial charge in [0.05, 0.1) is 6.61 Å². The molecule has 0 saturated carbocycles. The summed E-state index contributed by atoms with van der Waals surface area (Å²) >= 11 is 0. The summed E-state index contributed by atoms with van der Waals surface area (Å²) in [5, 5.41) is 2.62. The molecule has 22 heavy (non-hydrogen) atoms. The molecule has 0 N–H and O–H groups in total. The van der Waals surface area contributed by atoms with Gasteiger partial charge in [-0.3, -0.25) is 0 Å². The molecular weight excluding hydrogens is 292 g/mol. The van der Waals surface area contributed by atoms with E-state index in [1.54, 1.807) is 0 Å². The van der Waals surface area contributed by atoms with Crippen LogP contribution in [0.4, 0.5) is 0 Å². The Morgan fingerprint density at radius 2 is 1.68 bits per heavy atom. The molecule has 0 spiro atoms. The molecule has 0 radical (unpaired) electrons. The van der Waals surface area contributed by atoms with Crippen molar-refractivity contribution in [3.8, 4) is 5.75 Å². The maximum absolute atomic E-state index is 5.94. The van der Waals surface area contributed by atoms with Gasteiger partial charge in [-0.05, 0) is 44.4 Å². The molecule has 1 aliphatic rings. The van der Waals surface area contributed by atoms with Crippen LogP contribution < -0.4 is 4.74 Å². The summed E-state index contributed by atoms with van der Waals surface area (Å²) < 4.78 is 11.3. The molecule has 0 unspecified atom stereocenters. The van der Waals surface area contributed by atoms with E-state index in [-0.39, 0.29) is 0 Å². The molecule has 0 amide bonds. The predicted octanol–water partition coefficient (Wildman–Crippen LogP) is 4.42. The molecule has 2 aromatic rings. The van der Waals surface area contributed by atoms with Gasteiger partial charge in [-0.2, -0.15) is 0 Å². The lowest BCUT2D eigenvalue weighted by molar-refractivity contribution is 0.111. The lowest BCUT2D eigenvalue weighted by Crippen LogP contribution is -2.18. The van der Waals surface area contributed by atoms with Crippen LogP contribution in [-0.4, -0.2) is 31.3 Å². The Morgan fingerprint density at radius 1 is 0.909 bits per heavy atom. The van der Waals surface area contributed by atoms with Crippen LogP contribution in [-0.2, 0) is 15.6 Å². The van der Waals surface area contributed by atoms with Crippen LogP contribution in [0.25, 0.3) is 10.8 Å². The second kappa shape index (κ2) is 7.89. The Kier molecular flexibility index (Phi) is 5.63. The lowest BCUT2D eigenvalue weighted by atomic mass is 10.1. The predicted molar refractivity (Wildman–Crippen MR) is 95.2 cm³/mol. The van der Waals surface area contributed by atoms with Gasteiger partial charge in [-0.15, -0.1) is 0 Å². The normalized spacial score (nSPS) is 16.0. The maximum Gasteiger partial charge on any atom is 0.162 e.